The molecular weight excluding hydrogens is 440 g/mol. The number of carbonyl (C=O) groups excluding carboxylic acids is 1. The summed E-state index contributed by atoms with van der Waals surface area (Å²) in [4.78, 5) is 14.8. The summed E-state index contributed by atoms with van der Waals surface area (Å²) in [6, 6.07) is 10.3. The van der Waals surface area contributed by atoms with Gasteiger partial charge in [-0.1, -0.05) is 12.1 Å². The fourth-order valence-electron chi connectivity index (χ4n) is 3.25. The van der Waals surface area contributed by atoms with Gasteiger partial charge >= 0.3 is 0 Å². The normalized spacial score (nSPS) is 16.2. The van der Waals surface area contributed by atoms with Crippen LogP contribution in [0.2, 0.25) is 0 Å². The van der Waals surface area contributed by atoms with E-state index in [1.165, 1.54) is 41.7 Å². The second kappa shape index (κ2) is 9.05. The predicted octanol–water partition coefficient (Wildman–Crippen LogP) is 1.09. The fraction of sp³-hybridized carbons (Fsp3) is 0.350. The van der Waals surface area contributed by atoms with E-state index in [2.05, 4.69) is 14.9 Å². The Morgan fingerprint density at radius 2 is 1.65 bits per heavy atom. The first-order chi connectivity index (χ1) is 14.5. The van der Waals surface area contributed by atoms with Crippen molar-refractivity contribution in [1.82, 2.24) is 13.9 Å². The molecule has 1 amide bonds. The van der Waals surface area contributed by atoms with Gasteiger partial charge in [-0.2, -0.15) is 4.31 Å². The molecule has 0 radical (unpaired) electrons. The number of likely N-dealkylation sites (N-methyl/N-ethyl adjacent to an activating group) is 1. The average molecular weight is 467 g/mol. The van der Waals surface area contributed by atoms with Crippen molar-refractivity contribution in [3.63, 3.8) is 0 Å². The minimum absolute atomic E-state index is 0.0371. The highest BCUT2D eigenvalue weighted by Crippen LogP contribution is 2.25. The highest BCUT2D eigenvalue weighted by atomic mass is 32.2. The molecule has 0 unspecified atom stereocenters. The third kappa shape index (κ3) is 5.13. The molecule has 1 saturated heterocycles. The van der Waals surface area contributed by atoms with Gasteiger partial charge < -0.3 is 10.2 Å². The summed E-state index contributed by atoms with van der Waals surface area (Å²) in [5.41, 5.74) is 1.03. The highest BCUT2D eigenvalue weighted by molar-refractivity contribution is 7.89. The largest absolute Gasteiger partial charge is 0.322 e. The third-order valence-electron chi connectivity index (χ3n) is 5.20. The van der Waals surface area contributed by atoms with Crippen LogP contribution >= 0.6 is 0 Å². The van der Waals surface area contributed by atoms with Crippen LogP contribution in [0, 0.1) is 6.92 Å². The first kappa shape index (κ1) is 23.4. The summed E-state index contributed by atoms with van der Waals surface area (Å²) in [5.74, 6) is -0.542. The van der Waals surface area contributed by atoms with Gasteiger partial charge in [-0.15, -0.1) is 0 Å². The molecule has 1 fully saturated rings. The monoisotopic (exact) mass is 466 g/mol. The molecular formula is C20H26N4O5S2. The summed E-state index contributed by atoms with van der Waals surface area (Å²) in [5, 5.41) is 2.66. The topological polar surface area (TPSA) is 116 Å². The Morgan fingerprint density at radius 3 is 2.29 bits per heavy atom. The molecule has 0 bridgehead atoms. The second-order valence-corrected chi connectivity index (χ2v) is 11.2. The molecule has 0 aromatic heterocycles. The lowest BCUT2D eigenvalue weighted by Crippen LogP contribution is -2.47. The van der Waals surface area contributed by atoms with Crippen LogP contribution in [0.25, 0.3) is 0 Å². The number of nitrogens with zero attached hydrogens (tertiary/aromatic N) is 2. The zero-order valence-electron chi connectivity index (χ0n) is 17.6. The molecule has 1 heterocycles. The van der Waals surface area contributed by atoms with Crippen molar-refractivity contribution in [3.05, 3.63) is 53.6 Å². The summed E-state index contributed by atoms with van der Waals surface area (Å²) < 4.78 is 53.9. The summed E-state index contributed by atoms with van der Waals surface area (Å²) >= 11 is 0. The van der Waals surface area contributed by atoms with Gasteiger partial charge in [0.2, 0.25) is 20.0 Å². The van der Waals surface area contributed by atoms with Gasteiger partial charge in [-0.05, 0) is 56.9 Å². The van der Waals surface area contributed by atoms with Crippen LogP contribution in [-0.2, 0) is 20.0 Å². The van der Waals surface area contributed by atoms with E-state index < -0.39 is 26.0 Å². The van der Waals surface area contributed by atoms with E-state index in [9.17, 15) is 21.6 Å². The Balaban J connectivity index is 1.86. The lowest BCUT2D eigenvalue weighted by molar-refractivity contribution is 0.102. The maximum Gasteiger partial charge on any atom is 0.255 e. The number of nitrogens with one attached hydrogen (secondary N) is 2. The number of sulfonamides is 2. The maximum atomic E-state index is 13.1. The minimum atomic E-state index is -3.70. The standard InChI is InChI=1S/C20H26N4O5S2/c1-15-7-8-17(14-19(15)31(28,29)24-11-9-23(3)10-12-24)22-20(25)16-5-4-6-18(13-16)30(26,27)21-2/h4-8,13-14,21H,9-12H2,1-3H3,(H,22,25). The lowest BCUT2D eigenvalue weighted by atomic mass is 10.2. The molecule has 3 rings (SSSR count). The van der Waals surface area contributed by atoms with Crippen molar-refractivity contribution in [2.75, 3.05) is 45.6 Å². The van der Waals surface area contributed by atoms with E-state index in [4.69, 9.17) is 0 Å². The SMILES string of the molecule is CNS(=O)(=O)c1cccc(C(=O)Nc2ccc(C)c(S(=O)(=O)N3CCN(C)CC3)c2)c1. The Morgan fingerprint density at radius 1 is 0.968 bits per heavy atom. The van der Waals surface area contributed by atoms with E-state index in [1.807, 2.05) is 7.05 Å². The maximum absolute atomic E-state index is 13.1. The number of hydrogen-bond donors (Lipinski definition) is 2. The Hall–Kier alpha value is -2.31. The molecule has 2 N–H and O–H groups in total. The van der Waals surface area contributed by atoms with Gasteiger partial charge in [0.25, 0.3) is 5.91 Å². The molecule has 9 nitrogen and oxygen atoms in total. The Labute approximate surface area is 183 Å². The van der Waals surface area contributed by atoms with Crippen LogP contribution < -0.4 is 10.0 Å². The van der Waals surface area contributed by atoms with Crippen LogP contribution in [0.1, 0.15) is 15.9 Å². The van der Waals surface area contributed by atoms with Gasteiger partial charge in [-0.3, -0.25) is 4.79 Å². The fourth-order valence-corrected chi connectivity index (χ4v) is 5.70. The predicted molar refractivity (Wildman–Crippen MR) is 118 cm³/mol. The zero-order valence-corrected chi connectivity index (χ0v) is 19.3. The molecule has 2 aromatic rings. The number of rotatable bonds is 6. The van der Waals surface area contributed by atoms with Crippen molar-refractivity contribution in [2.24, 2.45) is 0 Å². The van der Waals surface area contributed by atoms with Gasteiger partial charge in [0.1, 0.15) is 0 Å². The van der Waals surface area contributed by atoms with Crippen LogP contribution in [0.15, 0.2) is 52.3 Å². The number of benzene rings is 2. The van der Waals surface area contributed by atoms with Gasteiger partial charge in [0, 0.05) is 37.4 Å². The number of aryl methyl sites for hydroxylation is 1. The van der Waals surface area contributed by atoms with E-state index >= 15 is 0 Å². The van der Waals surface area contributed by atoms with Crippen molar-refractivity contribution >= 4 is 31.6 Å². The Kier molecular flexibility index (Phi) is 6.82. The van der Waals surface area contributed by atoms with Crippen molar-refractivity contribution in [2.45, 2.75) is 16.7 Å². The number of anilines is 1. The number of piperazine rings is 1. The van der Waals surface area contributed by atoms with Crippen LogP contribution in [-0.4, -0.2) is 72.2 Å². The summed E-state index contributed by atoms with van der Waals surface area (Å²) in [7, 11) is -4.16. The van der Waals surface area contributed by atoms with Crippen molar-refractivity contribution < 1.29 is 21.6 Å². The molecule has 31 heavy (non-hydrogen) atoms. The minimum Gasteiger partial charge on any atom is -0.322 e. The quantitative estimate of drug-likeness (QED) is 0.659. The van der Waals surface area contributed by atoms with Gasteiger partial charge in [0.05, 0.1) is 9.79 Å². The van der Waals surface area contributed by atoms with Crippen molar-refractivity contribution in [3.8, 4) is 0 Å². The Bertz CT molecular complexity index is 1190. The van der Waals surface area contributed by atoms with Crippen molar-refractivity contribution in [1.29, 1.82) is 0 Å². The molecule has 1 aliphatic rings. The number of carbonyl (C=O) groups is 1. The molecule has 168 valence electrons. The molecule has 0 saturated carbocycles. The molecule has 0 aliphatic carbocycles. The van der Waals surface area contributed by atoms with Gasteiger partial charge in [-0.25, -0.2) is 21.6 Å². The van der Waals surface area contributed by atoms with Gasteiger partial charge in [0.15, 0.2) is 0 Å². The lowest BCUT2D eigenvalue weighted by Gasteiger charge is -2.32. The van der Waals surface area contributed by atoms with E-state index in [1.54, 1.807) is 19.1 Å². The molecule has 1 aliphatic heterocycles. The molecule has 0 spiro atoms. The molecule has 0 atom stereocenters. The number of hydrogen-bond acceptors (Lipinski definition) is 6. The summed E-state index contributed by atoms with van der Waals surface area (Å²) in [6.45, 7) is 3.82. The average Bonchev–Trinajstić information content (AvgIpc) is 2.75. The van der Waals surface area contributed by atoms with Crippen LogP contribution in [0.5, 0.6) is 0 Å². The first-order valence-electron chi connectivity index (χ1n) is 9.69. The highest BCUT2D eigenvalue weighted by Gasteiger charge is 2.29. The van der Waals surface area contributed by atoms with Crippen LogP contribution in [0.4, 0.5) is 5.69 Å². The number of amides is 1. The second-order valence-electron chi connectivity index (χ2n) is 7.38. The first-order valence-corrected chi connectivity index (χ1v) is 12.6. The molecule has 2 aromatic carbocycles. The van der Waals surface area contributed by atoms with E-state index in [-0.39, 0.29) is 15.4 Å². The van der Waals surface area contributed by atoms with E-state index in [0.29, 0.717) is 37.4 Å². The smallest absolute Gasteiger partial charge is 0.255 e. The van der Waals surface area contributed by atoms with Crippen LogP contribution in [0.3, 0.4) is 0 Å². The third-order valence-corrected chi connectivity index (χ3v) is 8.65. The molecule has 11 heteroatoms. The van der Waals surface area contributed by atoms with E-state index in [0.717, 1.165) is 0 Å². The summed E-state index contributed by atoms with van der Waals surface area (Å²) in [6.07, 6.45) is 0. The zero-order chi connectivity index (χ0) is 22.8.